The predicted molar refractivity (Wildman–Crippen MR) is 144 cm³/mol. The minimum Gasteiger partial charge on any atom is -0.388 e. The number of benzene rings is 4. The molecule has 0 spiro atoms. The van der Waals surface area contributed by atoms with Gasteiger partial charge in [0.05, 0.1) is 17.1 Å². The highest BCUT2D eigenvalue weighted by Crippen LogP contribution is 2.64. The number of fused-ring (bicyclic) bond motifs is 1. The minimum absolute atomic E-state index is 0.307. The van der Waals surface area contributed by atoms with E-state index in [2.05, 4.69) is 36.4 Å². The van der Waals surface area contributed by atoms with Crippen molar-refractivity contribution in [2.75, 3.05) is 0 Å². The van der Waals surface area contributed by atoms with E-state index < -0.39 is 13.4 Å². The SMILES string of the molecule is [CH]/C(=C1\C(=N)c2ccccc2C(O)C1C)[P+](c1ccccc1)(c1ccccc1)c1ccccc1. The van der Waals surface area contributed by atoms with Gasteiger partial charge in [0, 0.05) is 24.0 Å². The summed E-state index contributed by atoms with van der Waals surface area (Å²) in [5.74, 6) is -0.307. The largest absolute Gasteiger partial charge is 0.388 e. The van der Waals surface area contributed by atoms with E-state index in [4.69, 9.17) is 6.92 Å². The standard InChI is InChI=1S/C31H27NOP/c1-22-29(30(32)27-20-12-13-21-28(27)31(22)33)23(2)34(24-14-6-3-7-15-24,25-16-8-4-9-17-25)26-18-10-5-11-19-26/h2-22,31-33H,1H3/q+1/b29-23+,32-30?. The van der Waals surface area contributed by atoms with Gasteiger partial charge in [-0.1, -0.05) is 85.8 Å². The summed E-state index contributed by atoms with van der Waals surface area (Å²) < 4.78 is 0. The Morgan fingerprint density at radius 3 is 1.59 bits per heavy atom. The van der Waals surface area contributed by atoms with Crippen molar-refractivity contribution < 1.29 is 5.11 Å². The summed E-state index contributed by atoms with van der Waals surface area (Å²) in [6, 6.07) is 38.8. The van der Waals surface area contributed by atoms with Gasteiger partial charge < -0.3 is 5.11 Å². The molecule has 0 saturated carbocycles. The Kier molecular flexibility index (Phi) is 6.04. The van der Waals surface area contributed by atoms with Gasteiger partial charge in [0.1, 0.15) is 23.2 Å². The molecule has 3 heteroatoms. The lowest BCUT2D eigenvalue weighted by atomic mass is 9.77. The Labute approximate surface area is 202 Å². The molecule has 166 valence electrons. The molecule has 4 aromatic carbocycles. The van der Waals surface area contributed by atoms with E-state index in [-0.39, 0.29) is 5.92 Å². The first-order valence-electron chi connectivity index (χ1n) is 11.5. The number of aliphatic hydroxyl groups is 1. The Morgan fingerprint density at radius 2 is 1.12 bits per heavy atom. The molecule has 0 bridgehead atoms. The second kappa shape index (κ2) is 9.14. The van der Waals surface area contributed by atoms with Crippen molar-refractivity contribution in [3.05, 3.63) is 144 Å². The zero-order valence-electron chi connectivity index (χ0n) is 19.1. The Morgan fingerprint density at radius 1 is 0.706 bits per heavy atom. The maximum Gasteiger partial charge on any atom is 0.140 e. The Balaban J connectivity index is 1.90. The van der Waals surface area contributed by atoms with Crippen LogP contribution in [0.4, 0.5) is 0 Å². The average molecular weight is 461 g/mol. The van der Waals surface area contributed by atoms with Gasteiger partial charge in [0.2, 0.25) is 0 Å². The molecule has 0 aliphatic heterocycles. The minimum atomic E-state index is -2.52. The summed E-state index contributed by atoms with van der Waals surface area (Å²) >= 11 is 0. The topological polar surface area (TPSA) is 44.1 Å². The van der Waals surface area contributed by atoms with Crippen LogP contribution in [0.1, 0.15) is 24.2 Å². The molecule has 2 unspecified atom stereocenters. The van der Waals surface area contributed by atoms with Gasteiger partial charge in [-0.05, 0) is 42.0 Å². The zero-order valence-corrected chi connectivity index (χ0v) is 20.0. The molecule has 2 radical (unpaired) electrons. The van der Waals surface area contributed by atoms with Gasteiger partial charge in [-0.3, -0.25) is 5.41 Å². The van der Waals surface area contributed by atoms with Crippen LogP contribution in [0.2, 0.25) is 0 Å². The van der Waals surface area contributed by atoms with Crippen LogP contribution in [0.5, 0.6) is 0 Å². The number of hydrogen-bond acceptors (Lipinski definition) is 2. The predicted octanol–water partition coefficient (Wildman–Crippen LogP) is 5.70. The summed E-state index contributed by atoms with van der Waals surface area (Å²) in [4.78, 5) is 0. The third-order valence-corrected chi connectivity index (χ3v) is 11.0. The Bertz CT molecular complexity index is 1250. The molecule has 1 aliphatic carbocycles. The van der Waals surface area contributed by atoms with Crippen LogP contribution in [-0.2, 0) is 0 Å². The lowest BCUT2D eigenvalue weighted by Gasteiger charge is -2.35. The Hall–Kier alpha value is -3.32. The van der Waals surface area contributed by atoms with Crippen molar-refractivity contribution in [1.29, 1.82) is 5.41 Å². The average Bonchev–Trinajstić information content (AvgIpc) is 2.90. The molecule has 0 heterocycles. The number of allylic oxidation sites excluding steroid dienone is 1. The van der Waals surface area contributed by atoms with E-state index in [1.807, 2.05) is 85.8 Å². The maximum atomic E-state index is 11.3. The number of rotatable bonds is 4. The molecule has 0 amide bonds. The molecule has 0 saturated heterocycles. The highest BCUT2D eigenvalue weighted by atomic mass is 31.2. The second-order valence-electron chi connectivity index (χ2n) is 8.67. The van der Waals surface area contributed by atoms with Crippen molar-refractivity contribution in [1.82, 2.24) is 0 Å². The monoisotopic (exact) mass is 460 g/mol. The highest BCUT2D eigenvalue weighted by Gasteiger charge is 2.51. The van der Waals surface area contributed by atoms with Crippen molar-refractivity contribution in [2.45, 2.75) is 13.0 Å². The lowest BCUT2D eigenvalue weighted by Crippen LogP contribution is -2.35. The molecule has 2 nitrogen and oxygen atoms in total. The maximum absolute atomic E-state index is 11.3. The highest BCUT2D eigenvalue weighted by molar-refractivity contribution is 7.99. The van der Waals surface area contributed by atoms with Crippen LogP contribution in [-0.4, -0.2) is 10.8 Å². The lowest BCUT2D eigenvalue weighted by molar-refractivity contribution is 0.134. The summed E-state index contributed by atoms with van der Waals surface area (Å²) in [5.41, 5.74) is 2.67. The normalized spacial score (nSPS) is 19.4. The molecule has 4 aromatic rings. The fourth-order valence-electron chi connectivity index (χ4n) is 5.14. The number of nitrogens with one attached hydrogen (secondary N) is 1. The second-order valence-corrected chi connectivity index (χ2v) is 12.0. The first-order valence-corrected chi connectivity index (χ1v) is 13.3. The van der Waals surface area contributed by atoms with Gasteiger partial charge in [-0.2, -0.15) is 0 Å². The van der Waals surface area contributed by atoms with E-state index in [0.717, 1.165) is 32.6 Å². The number of hydrogen-bond donors (Lipinski definition) is 2. The third-order valence-electron chi connectivity index (χ3n) is 6.81. The molecule has 2 atom stereocenters. The summed E-state index contributed by atoms with van der Waals surface area (Å²) in [6.07, 6.45) is -0.719. The number of aliphatic hydroxyl groups excluding tert-OH is 1. The molecule has 0 aromatic heterocycles. The van der Waals surface area contributed by atoms with Gasteiger partial charge in [0.25, 0.3) is 0 Å². The summed E-state index contributed by atoms with van der Waals surface area (Å²) in [7, 11) is -2.52. The fourth-order valence-corrected chi connectivity index (χ4v) is 9.41. The van der Waals surface area contributed by atoms with Crippen LogP contribution in [0.3, 0.4) is 0 Å². The van der Waals surface area contributed by atoms with Crippen molar-refractivity contribution in [3.8, 4) is 0 Å². The molecular weight excluding hydrogens is 433 g/mol. The van der Waals surface area contributed by atoms with E-state index in [0.29, 0.717) is 11.0 Å². The van der Waals surface area contributed by atoms with Gasteiger partial charge in [0.15, 0.2) is 0 Å². The molecule has 2 N–H and O–H groups in total. The van der Waals surface area contributed by atoms with E-state index in [9.17, 15) is 10.5 Å². The van der Waals surface area contributed by atoms with Crippen molar-refractivity contribution in [2.24, 2.45) is 5.92 Å². The van der Waals surface area contributed by atoms with Crippen LogP contribution in [0.25, 0.3) is 0 Å². The van der Waals surface area contributed by atoms with Crippen LogP contribution in [0.15, 0.2) is 126 Å². The van der Waals surface area contributed by atoms with Gasteiger partial charge >= 0.3 is 0 Å². The zero-order chi connectivity index (χ0) is 23.7. The molecule has 5 rings (SSSR count). The first-order chi connectivity index (χ1) is 16.6. The van der Waals surface area contributed by atoms with Gasteiger partial charge in [-0.15, -0.1) is 0 Å². The summed E-state index contributed by atoms with van der Waals surface area (Å²) in [6.45, 7) is 9.28. The van der Waals surface area contributed by atoms with Crippen molar-refractivity contribution in [3.63, 3.8) is 0 Å². The van der Waals surface area contributed by atoms with E-state index in [1.54, 1.807) is 0 Å². The molecule has 0 fully saturated rings. The smallest absolute Gasteiger partial charge is 0.140 e. The first kappa shape index (κ1) is 22.5. The van der Waals surface area contributed by atoms with Crippen LogP contribution in [0, 0.1) is 18.3 Å². The van der Waals surface area contributed by atoms with Crippen LogP contribution >= 0.6 is 7.26 Å². The summed E-state index contributed by atoms with van der Waals surface area (Å²) in [5, 5.41) is 24.6. The third kappa shape index (κ3) is 3.46. The van der Waals surface area contributed by atoms with Gasteiger partial charge in [-0.25, -0.2) is 0 Å². The van der Waals surface area contributed by atoms with E-state index in [1.165, 1.54) is 0 Å². The fraction of sp³-hybridized carbons (Fsp3) is 0.0968. The molecule has 1 aliphatic rings. The molecular formula is C31H27NOP+. The molecule has 34 heavy (non-hydrogen) atoms. The van der Waals surface area contributed by atoms with E-state index >= 15 is 0 Å². The van der Waals surface area contributed by atoms with Crippen molar-refractivity contribution >= 4 is 28.9 Å². The van der Waals surface area contributed by atoms with Crippen LogP contribution < -0.4 is 15.9 Å². The quantitative estimate of drug-likeness (QED) is 0.377.